The first-order valence-electron chi connectivity index (χ1n) is 6.08. The standard InChI is InChI=1S/C14H9Br2NO3S/c15-11-6-8(12(16)21-11)13(18)17-9-4-2-1-3-7(9)5-10(17)14(19)20/h1-4,6,10H,5H2,(H,19,20)/t10-/m0/s1. The molecule has 0 spiro atoms. The molecule has 2 aromatic rings. The summed E-state index contributed by atoms with van der Waals surface area (Å²) in [4.78, 5) is 25.6. The van der Waals surface area contributed by atoms with Crippen LogP contribution in [-0.4, -0.2) is 23.0 Å². The Morgan fingerprint density at radius 2 is 2.00 bits per heavy atom. The first kappa shape index (κ1) is 14.7. The summed E-state index contributed by atoms with van der Waals surface area (Å²) in [6.45, 7) is 0. The molecule has 1 atom stereocenters. The number of hydrogen-bond acceptors (Lipinski definition) is 3. The van der Waals surface area contributed by atoms with E-state index in [9.17, 15) is 14.7 Å². The maximum absolute atomic E-state index is 12.8. The smallest absolute Gasteiger partial charge is 0.327 e. The second-order valence-electron chi connectivity index (χ2n) is 4.60. The predicted molar refractivity (Wildman–Crippen MR) is 88.1 cm³/mol. The Kier molecular flexibility index (Phi) is 3.90. The van der Waals surface area contributed by atoms with Crippen molar-refractivity contribution in [3.05, 3.63) is 49.0 Å². The largest absolute Gasteiger partial charge is 0.480 e. The van der Waals surface area contributed by atoms with Gasteiger partial charge in [-0.3, -0.25) is 9.69 Å². The van der Waals surface area contributed by atoms with Gasteiger partial charge in [0.1, 0.15) is 6.04 Å². The summed E-state index contributed by atoms with van der Waals surface area (Å²) in [7, 11) is 0. The number of carboxylic acids is 1. The van der Waals surface area contributed by atoms with Gasteiger partial charge in [-0.2, -0.15) is 0 Å². The molecule has 0 saturated carbocycles. The van der Waals surface area contributed by atoms with Crippen molar-refractivity contribution in [1.29, 1.82) is 0 Å². The fraction of sp³-hybridized carbons (Fsp3) is 0.143. The zero-order chi connectivity index (χ0) is 15.1. The third kappa shape index (κ3) is 2.54. The number of halogens is 2. The van der Waals surface area contributed by atoms with E-state index in [2.05, 4.69) is 31.9 Å². The van der Waals surface area contributed by atoms with Crippen molar-refractivity contribution in [1.82, 2.24) is 0 Å². The lowest BCUT2D eigenvalue weighted by Gasteiger charge is -2.22. The fourth-order valence-corrected chi connectivity index (χ4v) is 5.23. The number of aliphatic carboxylic acids is 1. The van der Waals surface area contributed by atoms with Crippen LogP contribution < -0.4 is 4.90 Å². The molecule has 3 rings (SSSR count). The van der Waals surface area contributed by atoms with Gasteiger partial charge in [-0.25, -0.2) is 4.79 Å². The minimum absolute atomic E-state index is 0.304. The molecule has 1 amide bonds. The van der Waals surface area contributed by atoms with Gasteiger partial charge in [0.05, 0.1) is 13.1 Å². The molecule has 0 saturated heterocycles. The third-order valence-electron chi connectivity index (χ3n) is 3.37. The van der Waals surface area contributed by atoms with Crippen LogP contribution in [0.4, 0.5) is 5.69 Å². The molecule has 21 heavy (non-hydrogen) atoms. The van der Waals surface area contributed by atoms with Gasteiger partial charge in [-0.15, -0.1) is 11.3 Å². The second-order valence-corrected chi connectivity index (χ2v) is 8.35. The van der Waals surface area contributed by atoms with Crippen molar-refractivity contribution in [2.75, 3.05) is 4.90 Å². The van der Waals surface area contributed by atoms with Gasteiger partial charge in [0, 0.05) is 12.1 Å². The van der Waals surface area contributed by atoms with Gasteiger partial charge < -0.3 is 5.11 Å². The molecule has 2 heterocycles. The monoisotopic (exact) mass is 429 g/mol. The number of rotatable bonds is 2. The van der Waals surface area contributed by atoms with Crippen LogP contribution >= 0.6 is 43.2 Å². The molecule has 1 aromatic heterocycles. The molecule has 4 nitrogen and oxygen atoms in total. The normalized spacial score (nSPS) is 16.9. The topological polar surface area (TPSA) is 57.6 Å². The molecule has 0 radical (unpaired) electrons. The van der Waals surface area contributed by atoms with Crippen molar-refractivity contribution >= 4 is 60.8 Å². The summed E-state index contributed by atoms with van der Waals surface area (Å²) in [6, 6.07) is 8.14. The average Bonchev–Trinajstić information content (AvgIpc) is 2.98. The number of amides is 1. The molecular weight excluding hydrogens is 422 g/mol. The third-order valence-corrected chi connectivity index (χ3v) is 5.71. The molecule has 1 aliphatic heterocycles. The van der Waals surface area contributed by atoms with E-state index < -0.39 is 12.0 Å². The van der Waals surface area contributed by atoms with Gasteiger partial charge in [0.25, 0.3) is 5.91 Å². The van der Waals surface area contributed by atoms with Gasteiger partial charge in [0.15, 0.2) is 0 Å². The number of benzene rings is 1. The number of fused-ring (bicyclic) bond motifs is 1. The number of carbonyl (C=O) groups is 2. The molecule has 1 aromatic carbocycles. The lowest BCUT2D eigenvalue weighted by molar-refractivity contribution is -0.138. The number of hydrogen-bond donors (Lipinski definition) is 1. The molecule has 1 N–H and O–H groups in total. The molecule has 108 valence electrons. The lowest BCUT2D eigenvalue weighted by atomic mass is 10.1. The van der Waals surface area contributed by atoms with Crippen LogP contribution in [0.1, 0.15) is 15.9 Å². The molecule has 0 unspecified atom stereocenters. The Morgan fingerprint density at radius 1 is 1.29 bits per heavy atom. The summed E-state index contributed by atoms with van der Waals surface area (Å²) < 4.78 is 1.50. The van der Waals surface area contributed by atoms with Crippen molar-refractivity contribution < 1.29 is 14.7 Å². The fourth-order valence-electron chi connectivity index (χ4n) is 2.45. The highest BCUT2D eigenvalue weighted by atomic mass is 79.9. The van der Waals surface area contributed by atoms with Crippen LogP contribution in [0.15, 0.2) is 37.9 Å². The highest BCUT2D eigenvalue weighted by molar-refractivity contribution is 9.12. The zero-order valence-corrected chi connectivity index (χ0v) is 14.5. The Balaban J connectivity index is 2.07. The highest BCUT2D eigenvalue weighted by Gasteiger charge is 2.39. The molecule has 0 bridgehead atoms. The number of para-hydroxylation sites is 1. The average molecular weight is 431 g/mol. The van der Waals surface area contributed by atoms with Crippen LogP contribution in [0.25, 0.3) is 0 Å². The van der Waals surface area contributed by atoms with Crippen LogP contribution in [-0.2, 0) is 11.2 Å². The van der Waals surface area contributed by atoms with Gasteiger partial charge in [-0.05, 0) is 49.6 Å². The van der Waals surface area contributed by atoms with E-state index >= 15 is 0 Å². The Morgan fingerprint density at radius 3 is 2.62 bits per heavy atom. The molecule has 0 aliphatic carbocycles. The van der Waals surface area contributed by atoms with E-state index in [-0.39, 0.29) is 5.91 Å². The Hall–Kier alpha value is -1.18. The van der Waals surface area contributed by atoms with Crippen LogP contribution in [0.5, 0.6) is 0 Å². The molecule has 0 fully saturated rings. The van der Waals surface area contributed by atoms with Crippen LogP contribution in [0, 0.1) is 0 Å². The minimum atomic E-state index is -0.995. The van der Waals surface area contributed by atoms with Gasteiger partial charge in [-0.1, -0.05) is 18.2 Å². The van der Waals surface area contributed by atoms with Crippen molar-refractivity contribution in [3.8, 4) is 0 Å². The first-order chi connectivity index (χ1) is 9.99. The van der Waals surface area contributed by atoms with Gasteiger partial charge >= 0.3 is 5.97 Å². The van der Waals surface area contributed by atoms with Crippen molar-refractivity contribution in [3.63, 3.8) is 0 Å². The number of carbonyl (C=O) groups excluding carboxylic acids is 1. The van der Waals surface area contributed by atoms with E-state index in [0.717, 1.165) is 9.35 Å². The zero-order valence-electron chi connectivity index (χ0n) is 10.5. The lowest BCUT2D eigenvalue weighted by Crippen LogP contribution is -2.42. The maximum atomic E-state index is 12.8. The summed E-state index contributed by atoms with van der Waals surface area (Å²) >= 11 is 8.08. The van der Waals surface area contributed by atoms with Gasteiger partial charge in [0.2, 0.25) is 0 Å². The quantitative estimate of drug-likeness (QED) is 0.785. The van der Waals surface area contributed by atoms with E-state index in [1.54, 1.807) is 12.1 Å². The predicted octanol–water partition coefficient (Wildman–Crippen LogP) is 3.93. The van der Waals surface area contributed by atoms with E-state index in [0.29, 0.717) is 21.5 Å². The summed E-state index contributed by atoms with van der Waals surface area (Å²) in [5.41, 5.74) is 2.02. The number of carboxylic acid groups (broad SMARTS) is 1. The van der Waals surface area contributed by atoms with Crippen LogP contribution in [0.3, 0.4) is 0 Å². The SMILES string of the molecule is O=C(O)[C@@H]1Cc2ccccc2N1C(=O)c1cc(Br)sc1Br. The van der Waals surface area contributed by atoms with Crippen LogP contribution in [0.2, 0.25) is 0 Å². The molecule has 7 heteroatoms. The molecule has 1 aliphatic rings. The Labute approximate surface area is 141 Å². The highest BCUT2D eigenvalue weighted by Crippen LogP contribution is 2.37. The number of anilines is 1. The summed E-state index contributed by atoms with van der Waals surface area (Å²) in [5, 5.41) is 9.41. The van der Waals surface area contributed by atoms with Crippen molar-refractivity contribution in [2.45, 2.75) is 12.5 Å². The summed E-state index contributed by atoms with van der Waals surface area (Å²) in [5.74, 6) is -1.30. The van der Waals surface area contributed by atoms with E-state index in [1.807, 2.05) is 18.2 Å². The second kappa shape index (κ2) is 5.55. The number of nitrogens with zero attached hydrogens (tertiary/aromatic N) is 1. The van der Waals surface area contributed by atoms with E-state index in [1.165, 1.54) is 16.2 Å². The maximum Gasteiger partial charge on any atom is 0.327 e. The molecular formula is C14H9Br2NO3S. The van der Waals surface area contributed by atoms with Crippen molar-refractivity contribution in [2.24, 2.45) is 0 Å². The van der Waals surface area contributed by atoms with E-state index in [4.69, 9.17) is 0 Å². The first-order valence-corrected chi connectivity index (χ1v) is 8.48. The Bertz CT molecular complexity index is 744. The summed E-state index contributed by atoms with van der Waals surface area (Å²) in [6.07, 6.45) is 0.334. The minimum Gasteiger partial charge on any atom is -0.480 e. The number of thiophene rings is 1.